The average molecular weight is 138 g/mol. The maximum Gasteiger partial charge on any atom is -0.0322 e. The summed E-state index contributed by atoms with van der Waals surface area (Å²) in [6.45, 7) is 8.53. The van der Waals surface area contributed by atoms with Crippen molar-refractivity contribution >= 4 is 0 Å². The van der Waals surface area contributed by atoms with Crippen LogP contribution >= 0.6 is 0 Å². The van der Waals surface area contributed by atoms with Crippen LogP contribution in [0.3, 0.4) is 0 Å². The Morgan fingerprint density at radius 2 is 2.10 bits per heavy atom. The molecule has 1 aliphatic carbocycles. The molecule has 1 fully saturated rings. The third-order valence-electron chi connectivity index (χ3n) is 3.10. The third-order valence-corrected chi connectivity index (χ3v) is 3.10. The second-order valence-electron chi connectivity index (χ2n) is 3.70. The molecule has 10 heavy (non-hydrogen) atoms. The van der Waals surface area contributed by atoms with E-state index in [2.05, 4.69) is 26.5 Å². The second-order valence-corrected chi connectivity index (χ2v) is 3.70. The molecular formula is C10H18. The van der Waals surface area contributed by atoms with E-state index in [1.54, 1.807) is 0 Å². The standard InChI is InChI=1S/C10H18/c1-4-5-10-7-6-8(2)9(10)3/h4,8-10H,1,5-7H2,2-3H3. The minimum absolute atomic E-state index is 0.929. The van der Waals surface area contributed by atoms with E-state index in [1.165, 1.54) is 19.3 Å². The molecule has 0 N–H and O–H groups in total. The summed E-state index contributed by atoms with van der Waals surface area (Å²) in [6, 6.07) is 0. The maximum atomic E-state index is 3.78. The normalized spacial score (nSPS) is 40.0. The van der Waals surface area contributed by atoms with Gasteiger partial charge in [-0.1, -0.05) is 26.3 Å². The van der Waals surface area contributed by atoms with Crippen molar-refractivity contribution in [3.05, 3.63) is 12.7 Å². The largest absolute Gasteiger partial charge is 0.103 e. The highest BCUT2D eigenvalue weighted by molar-refractivity contribution is 4.84. The molecule has 0 heterocycles. The third kappa shape index (κ3) is 1.42. The first-order chi connectivity index (χ1) is 4.75. The lowest BCUT2D eigenvalue weighted by Gasteiger charge is -2.15. The minimum Gasteiger partial charge on any atom is -0.103 e. The van der Waals surface area contributed by atoms with Crippen LogP contribution in [-0.2, 0) is 0 Å². The molecule has 0 radical (unpaired) electrons. The van der Waals surface area contributed by atoms with Crippen LogP contribution < -0.4 is 0 Å². The van der Waals surface area contributed by atoms with Gasteiger partial charge in [-0.25, -0.2) is 0 Å². The highest BCUT2D eigenvalue weighted by atomic mass is 14.3. The SMILES string of the molecule is C=CCC1CCC(C)C1C. The van der Waals surface area contributed by atoms with Crippen LogP contribution in [0.5, 0.6) is 0 Å². The molecule has 3 atom stereocenters. The summed E-state index contributed by atoms with van der Waals surface area (Å²) >= 11 is 0. The van der Waals surface area contributed by atoms with Gasteiger partial charge in [0.25, 0.3) is 0 Å². The quantitative estimate of drug-likeness (QED) is 0.514. The van der Waals surface area contributed by atoms with E-state index in [0.29, 0.717) is 0 Å². The Morgan fingerprint density at radius 3 is 2.50 bits per heavy atom. The lowest BCUT2D eigenvalue weighted by molar-refractivity contribution is 0.360. The Balaban J connectivity index is 2.40. The van der Waals surface area contributed by atoms with Gasteiger partial charge in [-0.3, -0.25) is 0 Å². The fraction of sp³-hybridized carbons (Fsp3) is 0.800. The zero-order chi connectivity index (χ0) is 7.56. The fourth-order valence-corrected chi connectivity index (χ4v) is 2.01. The summed E-state index contributed by atoms with van der Waals surface area (Å²) in [5.74, 6) is 2.82. The highest BCUT2D eigenvalue weighted by Crippen LogP contribution is 2.38. The van der Waals surface area contributed by atoms with E-state index in [-0.39, 0.29) is 0 Å². The lowest BCUT2D eigenvalue weighted by atomic mass is 9.90. The molecular weight excluding hydrogens is 120 g/mol. The lowest BCUT2D eigenvalue weighted by Crippen LogP contribution is -2.07. The van der Waals surface area contributed by atoms with Gasteiger partial charge >= 0.3 is 0 Å². The predicted molar refractivity (Wildman–Crippen MR) is 45.9 cm³/mol. The van der Waals surface area contributed by atoms with Crippen molar-refractivity contribution in [2.75, 3.05) is 0 Å². The van der Waals surface area contributed by atoms with Crippen molar-refractivity contribution in [3.8, 4) is 0 Å². The van der Waals surface area contributed by atoms with Gasteiger partial charge in [0, 0.05) is 0 Å². The van der Waals surface area contributed by atoms with Crippen LogP contribution in [0.1, 0.15) is 33.1 Å². The van der Waals surface area contributed by atoms with E-state index in [9.17, 15) is 0 Å². The predicted octanol–water partition coefficient (Wildman–Crippen LogP) is 3.24. The van der Waals surface area contributed by atoms with E-state index in [0.717, 1.165) is 17.8 Å². The van der Waals surface area contributed by atoms with Crippen LogP contribution in [0.25, 0.3) is 0 Å². The smallest absolute Gasteiger partial charge is 0.0322 e. The summed E-state index contributed by atoms with van der Waals surface area (Å²) in [5.41, 5.74) is 0. The first-order valence-electron chi connectivity index (χ1n) is 4.36. The molecule has 0 heteroatoms. The van der Waals surface area contributed by atoms with Crippen molar-refractivity contribution in [2.45, 2.75) is 33.1 Å². The van der Waals surface area contributed by atoms with Gasteiger partial charge in [0.05, 0.1) is 0 Å². The number of hydrogen-bond acceptors (Lipinski definition) is 0. The van der Waals surface area contributed by atoms with Crippen molar-refractivity contribution in [2.24, 2.45) is 17.8 Å². The molecule has 0 bridgehead atoms. The molecule has 58 valence electrons. The van der Waals surface area contributed by atoms with Gasteiger partial charge in [0.2, 0.25) is 0 Å². The maximum absolute atomic E-state index is 3.78. The molecule has 0 aromatic rings. The van der Waals surface area contributed by atoms with E-state index in [4.69, 9.17) is 0 Å². The summed E-state index contributed by atoms with van der Waals surface area (Å²) in [4.78, 5) is 0. The fourth-order valence-electron chi connectivity index (χ4n) is 2.01. The summed E-state index contributed by atoms with van der Waals surface area (Å²) in [6.07, 6.45) is 6.15. The first-order valence-corrected chi connectivity index (χ1v) is 4.36. The minimum atomic E-state index is 0.929. The van der Waals surface area contributed by atoms with E-state index < -0.39 is 0 Å². The number of rotatable bonds is 2. The average Bonchev–Trinajstić information content (AvgIpc) is 2.20. The molecule has 0 saturated heterocycles. The highest BCUT2D eigenvalue weighted by Gasteiger charge is 2.28. The molecule has 0 aromatic carbocycles. The Labute approximate surface area is 64.3 Å². The van der Waals surface area contributed by atoms with Crippen molar-refractivity contribution in [1.29, 1.82) is 0 Å². The molecule has 0 aliphatic heterocycles. The molecule has 0 nitrogen and oxygen atoms in total. The summed E-state index contributed by atoms with van der Waals surface area (Å²) < 4.78 is 0. The van der Waals surface area contributed by atoms with Crippen LogP contribution in [0.15, 0.2) is 12.7 Å². The second kappa shape index (κ2) is 3.23. The molecule has 1 saturated carbocycles. The summed E-state index contributed by atoms with van der Waals surface area (Å²) in [7, 11) is 0. The van der Waals surface area contributed by atoms with Crippen LogP contribution in [0.4, 0.5) is 0 Å². The Kier molecular flexibility index (Phi) is 2.53. The van der Waals surface area contributed by atoms with Gasteiger partial charge in [-0.05, 0) is 30.6 Å². The Hall–Kier alpha value is -0.260. The molecule has 1 aliphatic rings. The monoisotopic (exact) mass is 138 g/mol. The number of hydrogen-bond donors (Lipinski definition) is 0. The van der Waals surface area contributed by atoms with Gasteiger partial charge in [-0.15, -0.1) is 6.58 Å². The summed E-state index contributed by atoms with van der Waals surface area (Å²) in [5, 5.41) is 0. The van der Waals surface area contributed by atoms with Crippen molar-refractivity contribution < 1.29 is 0 Å². The molecule has 0 amide bonds. The topological polar surface area (TPSA) is 0 Å². The van der Waals surface area contributed by atoms with Crippen molar-refractivity contribution in [1.82, 2.24) is 0 Å². The molecule has 0 aromatic heterocycles. The molecule has 1 rings (SSSR count). The molecule has 0 spiro atoms. The van der Waals surface area contributed by atoms with Crippen LogP contribution in [0, 0.1) is 17.8 Å². The van der Waals surface area contributed by atoms with Crippen molar-refractivity contribution in [3.63, 3.8) is 0 Å². The van der Waals surface area contributed by atoms with Gasteiger partial charge in [-0.2, -0.15) is 0 Å². The van der Waals surface area contributed by atoms with E-state index >= 15 is 0 Å². The van der Waals surface area contributed by atoms with Crippen LogP contribution in [-0.4, -0.2) is 0 Å². The zero-order valence-corrected chi connectivity index (χ0v) is 7.14. The number of allylic oxidation sites excluding steroid dienone is 1. The van der Waals surface area contributed by atoms with Gasteiger partial charge < -0.3 is 0 Å². The van der Waals surface area contributed by atoms with E-state index in [1.807, 2.05) is 0 Å². The molecule has 3 unspecified atom stereocenters. The van der Waals surface area contributed by atoms with Gasteiger partial charge in [0.15, 0.2) is 0 Å². The van der Waals surface area contributed by atoms with Crippen LogP contribution in [0.2, 0.25) is 0 Å². The Bertz CT molecular complexity index is 115. The Morgan fingerprint density at radius 1 is 1.40 bits per heavy atom. The zero-order valence-electron chi connectivity index (χ0n) is 7.14. The van der Waals surface area contributed by atoms with Gasteiger partial charge in [0.1, 0.15) is 0 Å². The first kappa shape index (κ1) is 7.84.